The van der Waals surface area contributed by atoms with Crippen LogP contribution in [-0.4, -0.2) is 22.4 Å². The molecule has 7 heteroatoms. The molecule has 2 N–H and O–H groups in total. The summed E-state index contributed by atoms with van der Waals surface area (Å²) in [6.45, 7) is 2.76. The molecule has 110 valence electrons. The molecule has 0 radical (unpaired) electrons. The average molecular weight is 309 g/mol. The quantitative estimate of drug-likeness (QED) is 0.889. The molecule has 1 aromatic heterocycles. The first kappa shape index (κ1) is 15.2. The highest BCUT2D eigenvalue weighted by Gasteiger charge is 2.10. The molecule has 1 heterocycles. The maximum Gasteiger partial charge on any atom is 0.275 e. The number of halogens is 2. The Hall–Kier alpha value is -2.21. The second kappa shape index (κ2) is 6.99. The predicted molar refractivity (Wildman–Crippen MR) is 80.2 cm³/mol. The number of benzene rings is 1. The molecule has 21 heavy (non-hydrogen) atoms. The topological polar surface area (TPSA) is 66.9 Å². The molecule has 0 aliphatic carbocycles. The highest BCUT2D eigenvalue weighted by atomic mass is 35.5. The molecule has 0 fully saturated rings. The van der Waals surface area contributed by atoms with E-state index < -0.39 is 11.7 Å². The first-order valence-electron chi connectivity index (χ1n) is 6.42. The Bertz CT molecular complexity index is 651. The van der Waals surface area contributed by atoms with Crippen LogP contribution in [-0.2, 0) is 0 Å². The normalized spacial score (nSPS) is 10.2. The third-order valence-corrected chi connectivity index (χ3v) is 2.91. The molecular formula is C14H14ClFN4O. The lowest BCUT2D eigenvalue weighted by Gasteiger charge is -2.07. The van der Waals surface area contributed by atoms with Crippen molar-refractivity contribution in [3.63, 3.8) is 0 Å². The van der Waals surface area contributed by atoms with E-state index in [9.17, 15) is 9.18 Å². The van der Waals surface area contributed by atoms with Crippen LogP contribution in [0.25, 0.3) is 0 Å². The van der Waals surface area contributed by atoms with Gasteiger partial charge in [-0.2, -0.15) is 0 Å². The van der Waals surface area contributed by atoms with Crippen LogP contribution >= 0.6 is 11.6 Å². The first-order valence-corrected chi connectivity index (χ1v) is 6.80. The van der Waals surface area contributed by atoms with Crippen molar-refractivity contribution in [3.05, 3.63) is 47.1 Å². The van der Waals surface area contributed by atoms with Gasteiger partial charge in [0.05, 0.1) is 17.4 Å². The minimum absolute atomic E-state index is 0.00134. The summed E-state index contributed by atoms with van der Waals surface area (Å²) in [4.78, 5) is 20.1. The van der Waals surface area contributed by atoms with Crippen molar-refractivity contribution < 1.29 is 9.18 Å². The first-order chi connectivity index (χ1) is 10.1. The van der Waals surface area contributed by atoms with E-state index in [1.165, 1.54) is 24.5 Å². The van der Waals surface area contributed by atoms with Crippen molar-refractivity contribution in [2.45, 2.75) is 13.3 Å². The monoisotopic (exact) mass is 308 g/mol. The van der Waals surface area contributed by atoms with Gasteiger partial charge in [0.1, 0.15) is 17.3 Å². The number of nitrogens with zero attached hydrogens (tertiary/aromatic N) is 2. The van der Waals surface area contributed by atoms with Crippen molar-refractivity contribution in [1.29, 1.82) is 0 Å². The van der Waals surface area contributed by atoms with Crippen LogP contribution in [0, 0.1) is 5.82 Å². The van der Waals surface area contributed by atoms with E-state index >= 15 is 0 Å². The van der Waals surface area contributed by atoms with Crippen molar-refractivity contribution in [2.24, 2.45) is 0 Å². The number of anilines is 2. The van der Waals surface area contributed by atoms with Gasteiger partial charge in [-0.15, -0.1) is 0 Å². The summed E-state index contributed by atoms with van der Waals surface area (Å²) in [6.07, 6.45) is 3.81. The molecular weight excluding hydrogens is 295 g/mol. The van der Waals surface area contributed by atoms with Gasteiger partial charge in [0.15, 0.2) is 0 Å². The lowest BCUT2D eigenvalue weighted by Crippen LogP contribution is -2.15. The molecule has 1 aromatic carbocycles. The smallest absolute Gasteiger partial charge is 0.275 e. The Kier molecular flexibility index (Phi) is 5.05. The Morgan fingerprint density at radius 1 is 1.38 bits per heavy atom. The van der Waals surface area contributed by atoms with Crippen LogP contribution in [0.5, 0.6) is 0 Å². The molecule has 1 amide bonds. The SMILES string of the molecule is CCCNc1cncc(C(=O)Nc2ccc(Cl)c(F)c2)n1. The van der Waals surface area contributed by atoms with Gasteiger partial charge in [-0.25, -0.2) is 9.37 Å². The van der Waals surface area contributed by atoms with Gasteiger partial charge in [-0.3, -0.25) is 9.78 Å². The van der Waals surface area contributed by atoms with Gasteiger partial charge in [-0.05, 0) is 24.6 Å². The summed E-state index contributed by atoms with van der Waals surface area (Å²) >= 11 is 5.59. The summed E-state index contributed by atoms with van der Waals surface area (Å²) in [7, 11) is 0. The number of hydrogen-bond donors (Lipinski definition) is 2. The number of carbonyl (C=O) groups excluding carboxylic acids is 1. The van der Waals surface area contributed by atoms with Crippen LogP contribution < -0.4 is 10.6 Å². The number of rotatable bonds is 5. The number of nitrogens with one attached hydrogen (secondary N) is 2. The lowest BCUT2D eigenvalue weighted by atomic mass is 10.3. The Morgan fingerprint density at radius 3 is 2.90 bits per heavy atom. The molecule has 0 aliphatic rings. The summed E-state index contributed by atoms with van der Waals surface area (Å²) in [5, 5.41) is 5.58. The van der Waals surface area contributed by atoms with Crippen LogP contribution in [0.1, 0.15) is 23.8 Å². The molecule has 0 atom stereocenters. The number of carbonyl (C=O) groups is 1. The number of hydrogen-bond acceptors (Lipinski definition) is 4. The van der Waals surface area contributed by atoms with E-state index in [1.54, 1.807) is 0 Å². The Balaban J connectivity index is 2.10. The lowest BCUT2D eigenvalue weighted by molar-refractivity contribution is 0.102. The minimum atomic E-state index is -0.598. The third kappa shape index (κ3) is 4.13. The van der Waals surface area contributed by atoms with Crippen molar-refractivity contribution in [3.8, 4) is 0 Å². The molecule has 0 aliphatic heterocycles. The van der Waals surface area contributed by atoms with E-state index in [0.29, 0.717) is 11.5 Å². The van der Waals surface area contributed by atoms with Gasteiger partial charge in [0, 0.05) is 12.2 Å². The standard InChI is InChI=1S/C14H14ClFN4O/c1-2-5-18-13-8-17-7-12(20-13)14(21)19-9-3-4-10(15)11(16)6-9/h3-4,6-8H,2,5H2,1H3,(H,18,20)(H,19,21). The van der Waals surface area contributed by atoms with Crippen LogP contribution in [0.15, 0.2) is 30.6 Å². The molecule has 2 rings (SSSR count). The number of amides is 1. The molecule has 0 unspecified atom stereocenters. The maximum absolute atomic E-state index is 13.3. The highest BCUT2D eigenvalue weighted by molar-refractivity contribution is 6.30. The highest BCUT2D eigenvalue weighted by Crippen LogP contribution is 2.19. The molecule has 0 spiro atoms. The van der Waals surface area contributed by atoms with Crippen LogP contribution in [0.3, 0.4) is 0 Å². The van der Waals surface area contributed by atoms with Gasteiger partial charge in [0.2, 0.25) is 0 Å². The summed E-state index contributed by atoms with van der Waals surface area (Å²) in [6, 6.07) is 4.03. The Morgan fingerprint density at radius 2 is 2.19 bits per heavy atom. The van der Waals surface area contributed by atoms with Crippen molar-refractivity contribution in [2.75, 3.05) is 17.2 Å². The molecule has 0 saturated carbocycles. The fourth-order valence-electron chi connectivity index (χ4n) is 1.58. The predicted octanol–water partition coefficient (Wildman–Crippen LogP) is 3.34. The minimum Gasteiger partial charge on any atom is -0.369 e. The zero-order valence-electron chi connectivity index (χ0n) is 11.4. The molecule has 0 bridgehead atoms. The van der Waals surface area contributed by atoms with Crippen molar-refractivity contribution >= 4 is 29.0 Å². The second-order valence-electron chi connectivity index (χ2n) is 4.30. The summed E-state index contributed by atoms with van der Waals surface area (Å²) < 4.78 is 13.3. The summed E-state index contributed by atoms with van der Waals surface area (Å²) in [5.41, 5.74) is 0.446. The van der Waals surface area contributed by atoms with Gasteiger partial charge in [-0.1, -0.05) is 18.5 Å². The third-order valence-electron chi connectivity index (χ3n) is 2.60. The fraction of sp³-hybridized carbons (Fsp3) is 0.214. The van der Waals surface area contributed by atoms with Gasteiger partial charge >= 0.3 is 0 Å². The van der Waals surface area contributed by atoms with Crippen molar-refractivity contribution in [1.82, 2.24) is 9.97 Å². The Labute approximate surface area is 126 Å². The summed E-state index contributed by atoms with van der Waals surface area (Å²) in [5.74, 6) is -0.546. The van der Waals surface area contributed by atoms with E-state index in [-0.39, 0.29) is 10.7 Å². The van der Waals surface area contributed by atoms with Gasteiger partial charge < -0.3 is 10.6 Å². The van der Waals surface area contributed by atoms with Crippen LogP contribution in [0.2, 0.25) is 5.02 Å². The molecule has 5 nitrogen and oxygen atoms in total. The largest absolute Gasteiger partial charge is 0.369 e. The fourth-order valence-corrected chi connectivity index (χ4v) is 1.70. The maximum atomic E-state index is 13.3. The molecule has 2 aromatic rings. The zero-order valence-corrected chi connectivity index (χ0v) is 12.1. The van der Waals surface area contributed by atoms with Crippen LogP contribution in [0.4, 0.5) is 15.9 Å². The van der Waals surface area contributed by atoms with Gasteiger partial charge in [0.25, 0.3) is 5.91 Å². The second-order valence-corrected chi connectivity index (χ2v) is 4.71. The van der Waals surface area contributed by atoms with E-state index in [1.807, 2.05) is 6.92 Å². The van der Waals surface area contributed by atoms with E-state index in [2.05, 4.69) is 20.6 Å². The van der Waals surface area contributed by atoms with E-state index in [0.717, 1.165) is 19.0 Å². The zero-order chi connectivity index (χ0) is 15.2. The average Bonchev–Trinajstić information content (AvgIpc) is 2.49. The van der Waals surface area contributed by atoms with E-state index in [4.69, 9.17) is 11.6 Å². The number of aromatic nitrogens is 2. The molecule has 0 saturated heterocycles.